The molecular formula is C18H13F3N2O3. The van der Waals surface area contributed by atoms with Crippen LogP contribution in [-0.2, 0) is 10.9 Å². The van der Waals surface area contributed by atoms with Crippen LogP contribution >= 0.6 is 0 Å². The van der Waals surface area contributed by atoms with E-state index in [0.717, 1.165) is 12.1 Å². The van der Waals surface area contributed by atoms with Gasteiger partial charge in [0.25, 0.3) is 0 Å². The van der Waals surface area contributed by atoms with E-state index in [1.54, 1.807) is 19.1 Å². The highest BCUT2D eigenvalue weighted by molar-refractivity contribution is 5.94. The van der Waals surface area contributed by atoms with E-state index in [0.29, 0.717) is 11.1 Å². The smallest absolute Gasteiger partial charge is 0.416 e. The predicted molar refractivity (Wildman–Crippen MR) is 86.1 cm³/mol. The molecule has 0 unspecified atom stereocenters. The zero-order valence-corrected chi connectivity index (χ0v) is 13.6. The van der Waals surface area contributed by atoms with Crippen molar-refractivity contribution in [1.82, 2.24) is 9.97 Å². The molecule has 8 heteroatoms. The molecule has 3 aromatic rings. The summed E-state index contributed by atoms with van der Waals surface area (Å²) in [4.78, 5) is 20.2. The Bertz CT molecular complexity index is 904. The molecule has 1 aromatic carbocycles. The third kappa shape index (κ3) is 3.58. The van der Waals surface area contributed by atoms with Gasteiger partial charge < -0.3 is 9.15 Å². The Morgan fingerprint density at radius 2 is 1.73 bits per heavy atom. The molecular weight excluding hydrogens is 349 g/mol. The fourth-order valence-corrected chi connectivity index (χ4v) is 2.28. The van der Waals surface area contributed by atoms with Crippen molar-refractivity contribution < 1.29 is 27.1 Å². The number of ether oxygens (including phenoxy) is 1. The summed E-state index contributed by atoms with van der Waals surface area (Å²) < 4.78 is 48.7. The lowest BCUT2D eigenvalue weighted by molar-refractivity contribution is -0.137. The minimum Gasteiger partial charge on any atom is -0.461 e. The SMILES string of the molecule is CCOC(=O)c1nc(-c2ccc(C(F)(F)F)cc2)oc1-c1ccncc1. The number of oxazole rings is 1. The van der Waals surface area contributed by atoms with E-state index < -0.39 is 17.7 Å². The summed E-state index contributed by atoms with van der Waals surface area (Å²) in [6.07, 6.45) is -1.40. The number of pyridine rings is 1. The molecule has 0 saturated heterocycles. The van der Waals surface area contributed by atoms with Crippen LogP contribution in [0.1, 0.15) is 23.0 Å². The summed E-state index contributed by atoms with van der Waals surface area (Å²) in [6.45, 7) is 1.80. The first-order valence-corrected chi connectivity index (χ1v) is 7.66. The van der Waals surface area contributed by atoms with Crippen LogP contribution in [0.3, 0.4) is 0 Å². The molecule has 5 nitrogen and oxygen atoms in total. The highest BCUT2D eigenvalue weighted by Gasteiger charge is 2.30. The summed E-state index contributed by atoms with van der Waals surface area (Å²) in [5, 5.41) is 0. The van der Waals surface area contributed by atoms with Gasteiger partial charge in [-0.05, 0) is 43.3 Å². The molecule has 134 valence electrons. The number of carbonyl (C=O) groups excluding carboxylic acids is 1. The predicted octanol–water partition coefficient (Wildman–Crippen LogP) is 4.60. The van der Waals surface area contributed by atoms with Gasteiger partial charge in [0.15, 0.2) is 11.5 Å². The second kappa shape index (κ2) is 6.99. The van der Waals surface area contributed by atoms with E-state index >= 15 is 0 Å². The van der Waals surface area contributed by atoms with Crippen LogP contribution in [0.15, 0.2) is 53.2 Å². The molecule has 0 bridgehead atoms. The number of esters is 1. The van der Waals surface area contributed by atoms with Crippen molar-refractivity contribution in [2.75, 3.05) is 6.61 Å². The Kier molecular flexibility index (Phi) is 4.75. The highest BCUT2D eigenvalue weighted by Crippen LogP contribution is 2.33. The van der Waals surface area contributed by atoms with Gasteiger partial charge in [-0.25, -0.2) is 9.78 Å². The lowest BCUT2D eigenvalue weighted by atomic mass is 10.1. The van der Waals surface area contributed by atoms with Gasteiger partial charge in [-0.2, -0.15) is 13.2 Å². The van der Waals surface area contributed by atoms with Crippen LogP contribution < -0.4 is 0 Å². The van der Waals surface area contributed by atoms with Crippen molar-refractivity contribution in [2.45, 2.75) is 13.1 Å². The number of nitrogens with zero attached hydrogens (tertiary/aromatic N) is 2. The zero-order chi connectivity index (χ0) is 18.7. The maximum Gasteiger partial charge on any atom is 0.416 e. The number of halogens is 3. The van der Waals surface area contributed by atoms with Crippen LogP contribution in [-0.4, -0.2) is 22.5 Å². The molecule has 0 aliphatic rings. The third-order valence-corrected chi connectivity index (χ3v) is 3.50. The molecule has 0 N–H and O–H groups in total. The maximum atomic E-state index is 12.7. The molecule has 2 aromatic heterocycles. The van der Waals surface area contributed by atoms with Gasteiger partial charge in [-0.15, -0.1) is 0 Å². The Balaban J connectivity index is 2.05. The summed E-state index contributed by atoms with van der Waals surface area (Å²) >= 11 is 0. The third-order valence-electron chi connectivity index (χ3n) is 3.50. The van der Waals surface area contributed by atoms with Crippen LogP contribution in [0.4, 0.5) is 13.2 Å². The Hall–Kier alpha value is -3.16. The normalized spacial score (nSPS) is 11.4. The maximum absolute atomic E-state index is 12.7. The van der Waals surface area contributed by atoms with Gasteiger partial charge in [-0.1, -0.05) is 0 Å². The number of benzene rings is 1. The number of aromatic nitrogens is 2. The molecule has 2 heterocycles. The minimum absolute atomic E-state index is 0.0218. The molecule has 0 saturated carbocycles. The first-order valence-electron chi connectivity index (χ1n) is 7.66. The lowest BCUT2D eigenvalue weighted by Crippen LogP contribution is -2.06. The van der Waals surface area contributed by atoms with Gasteiger partial charge >= 0.3 is 12.1 Å². The monoisotopic (exact) mass is 362 g/mol. The van der Waals surface area contributed by atoms with Crippen LogP contribution in [0.5, 0.6) is 0 Å². The van der Waals surface area contributed by atoms with Crippen molar-refractivity contribution in [2.24, 2.45) is 0 Å². The van der Waals surface area contributed by atoms with Gasteiger partial charge in [0.2, 0.25) is 5.89 Å². The largest absolute Gasteiger partial charge is 0.461 e. The summed E-state index contributed by atoms with van der Waals surface area (Å²) in [5.74, 6) is -0.490. The molecule has 3 rings (SSSR count). The van der Waals surface area contributed by atoms with Crippen molar-refractivity contribution in [1.29, 1.82) is 0 Å². The second-order valence-electron chi connectivity index (χ2n) is 5.23. The summed E-state index contributed by atoms with van der Waals surface area (Å²) in [5.41, 5.74) is 0.0262. The standard InChI is InChI=1S/C18H13F3N2O3/c1-2-25-17(24)14-15(11-7-9-22-10-8-11)26-16(23-14)12-3-5-13(6-4-12)18(19,20)21/h3-10H,2H2,1H3. The van der Waals surface area contributed by atoms with Gasteiger partial charge in [0.1, 0.15) is 0 Å². The molecule has 0 spiro atoms. The molecule has 0 fully saturated rings. The van der Waals surface area contributed by atoms with Gasteiger partial charge in [0, 0.05) is 23.5 Å². The molecule has 0 aliphatic carbocycles. The minimum atomic E-state index is -4.44. The Labute approximate surface area is 146 Å². The van der Waals surface area contributed by atoms with Crippen LogP contribution in [0.2, 0.25) is 0 Å². The molecule has 0 radical (unpaired) electrons. The van der Waals surface area contributed by atoms with E-state index in [4.69, 9.17) is 9.15 Å². The van der Waals surface area contributed by atoms with E-state index in [2.05, 4.69) is 9.97 Å². The fraction of sp³-hybridized carbons (Fsp3) is 0.167. The molecule has 0 amide bonds. The average Bonchev–Trinajstić information content (AvgIpc) is 3.07. The molecule has 0 atom stereocenters. The van der Waals surface area contributed by atoms with E-state index in [1.165, 1.54) is 24.5 Å². The first-order chi connectivity index (χ1) is 12.4. The average molecular weight is 362 g/mol. The van der Waals surface area contributed by atoms with Crippen molar-refractivity contribution >= 4 is 5.97 Å². The number of alkyl halides is 3. The van der Waals surface area contributed by atoms with E-state index in [9.17, 15) is 18.0 Å². The van der Waals surface area contributed by atoms with E-state index in [-0.39, 0.29) is 24.0 Å². The first kappa shape index (κ1) is 17.7. The van der Waals surface area contributed by atoms with Crippen molar-refractivity contribution in [3.05, 3.63) is 60.0 Å². The van der Waals surface area contributed by atoms with Crippen LogP contribution in [0, 0.1) is 0 Å². The lowest BCUT2D eigenvalue weighted by Gasteiger charge is -2.06. The number of hydrogen-bond donors (Lipinski definition) is 0. The van der Waals surface area contributed by atoms with Crippen LogP contribution in [0.25, 0.3) is 22.8 Å². The number of hydrogen-bond acceptors (Lipinski definition) is 5. The topological polar surface area (TPSA) is 65.2 Å². The Morgan fingerprint density at radius 1 is 1.08 bits per heavy atom. The zero-order valence-electron chi connectivity index (χ0n) is 13.6. The number of carbonyl (C=O) groups is 1. The Morgan fingerprint density at radius 3 is 2.31 bits per heavy atom. The van der Waals surface area contributed by atoms with Crippen molar-refractivity contribution in [3.63, 3.8) is 0 Å². The van der Waals surface area contributed by atoms with E-state index in [1.807, 2.05) is 0 Å². The number of rotatable bonds is 4. The highest BCUT2D eigenvalue weighted by atomic mass is 19.4. The summed E-state index contributed by atoms with van der Waals surface area (Å²) in [6, 6.07) is 7.57. The van der Waals surface area contributed by atoms with Crippen molar-refractivity contribution in [3.8, 4) is 22.8 Å². The second-order valence-corrected chi connectivity index (χ2v) is 5.23. The van der Waals surface area contributed by atoms with Gasteiger partial charge in [0.05, 0.1) is 12.2 Å². The molecule has 26 heavy (non-hydrogen) atoms. The molecule has 0 aliphatic heterocycles. The van der Waals surface area contributed by atoms with Gasteiger partial charge in [-0.3, -0.25) is 4.98 Å². The quantitative estimate of drug-likeness (QED) is 0.635. The summed E-state index contributed by atoms with van der Waals surface area (Å²) in [7, 11) is 0. The fourth-order valence-electron chi connectivity index (χ4n) is 2.28.